The quantitative estimate of drug-likeness (QED) is 0.694. The van der Waals surface area contributed by atoms with E-state index in [1.165, 1.54) is 12.1 Å². The lowest BCUT2D eigenvalue weighted by molar-refractivity contribution is -0.120. The number of rotatable bonds is 5. The van der Waals surface area contributed by atoms with Crippen LogP contribution in [0, 0.1) is 6.92 Å². The second-order valence-electron chi connectivity index (χ2n) is 5.01. The molecule has 2 aromatic carbocycles. The van der Waals surface area contributed by atoms with Crippen molar-refractivity contribution >= 4 is 21.8 Å². The van der Waals surface area contributed by atoms with Crippen molar-refractivity contribution in [3.05, 3.63) is 65.7 Å². The van der Waals surface area contributed by atoms with Crippen LogP contribution in [-0.2, 0) is 14.8 Å². The summed E-state index contributed by atoms with van der Waals surface area (Å²) in [6.07, 6.45) is 0. The number of benzene rings is 2. The summed E-state index contributed by atoms with van der Waals surface area (Å²) < 4.78 is 26.2. The van der Waals surface area contributed by atoms with Crippen LogP contribution < -0.4 is 15.6 Å². The number of aryl methyl sites for hydroxylation is 1. The highest BCUT2D eigenvalue weighted by Crippen LogP contribution is 2.09. The molecule has 8 heteroatoms. The summed E-state index contributed by atoms with van der Waals surface area (Å²) in [6.45, 7) is 1.35. The number of hydrogen-bond acceptors (Lipinski definition) is 4. The van der Waals surface area contributed by atoms with Crippen LogP contribution in [-0.4, -0.2) is 26.8 Å². The summed E-state index contributed by atoms with van der Waals surface area (Å²) in [7, 11) is -3.79. The molecule has 2 aromatic rings. The van der Waals surface area contributed by atoms with E-state index in [9.17, 15) is 18.0 Å². The highest BCUT2D eigenvalue weighted by atomic mass is 32.2. The smallest absolute Gasteiger partial charge is 0.269 e. The molecule has 2 rings (SSSR count). The lowest BCUT2D eigenvalue weighted by Crippen LogP contribution is -2.46. The van der Waals surface area contributed by atoms with Crippen LogP contribution in [0.25, 0.3) is 0 Å². The highest BCUT2D eigenvalue weighted by molar-refractivity contribution is 7.89. The molecular weight excluding hydrogens is 330 g/mol. The molecule has 0 spiro atoms. The van der Waals surface area contributed by atoms with E-state index < -0.39 is 28.4 Å². The molecule has 0 bridgehead atoms. The van der Waals surface area contributed by atoms with Crippen molar-refractivity contribution in [2.24, 2.45) is 0 Å². The van der Waals surface area contributed by atoms with E-state index in [0.717, 1.165) is 5.56 Å². The molecule has 3 N–H and O–H groups in total. The van der Waals surface area contributed by atoms with Gasteiger partial charge in [-0.05, 0) is 31.2 Å². The van der Waals surface area contributed by atoms with Crippen molar-refractivity contribution in [1.82, 2.24) is 15.6 Å². The van der Waals surface area contributed by atoms with Gasteiger partial charge in [-0.2, -0.15) is 0 Å². The van der Waals surface area contributed by atoms with Gasteiger partial charge in [0.2, 0.25) is 10.0 Å². The Hall–Kier alpha value is -2.71. The van der Waals surface area contributed by atoms with E-state index in [1.807, 2.05) is 6.92 Å². The van der Waals surface area contributed by atoms with Gasteiger partial charge in [0.05, 0.1) is 11.4 Å². The first-order valence-corrected chi connectivity index (χ1v) is 8.57. The molecule has 0 radical (unpaired) electrons. The second-order valence-corrected chi connectivity index (χ2v) is 6.77. The number of carbonyl (C=O) groups is 2. The Morgan fingerprint density at radius 3 is 2.17 bits per heavy atom. The van der Waals surface area contributed by atoms with Crippen molar-refractivity contribution < 1.29 is 18.0 Å². The predicted octanol–water partition coefficient (Wildman–Crippen LogP) is 0.735. The fraction of sp³-hybridized carbons (Fsp3) is 0.125. The summed E-state index contributed by atoms with van der Waals surface area (Å²) in [4.78, 5) is 23.5. The summed E-state index contributed by atoms with van der Waals surface area (Å²) in [5.41, 5.74) is 5.66. The van der Waals surface area contributed by atoms with Gasteiger partial charge in [-0.25, -0.2) is 13.1 Å². The van der Waals surface area contributed by atoms with Crippen LogP contribution in [0.5, 0.6) is 0 Å². The summed E-state index contributed by atoms with van der Waals surface area (Å²) in [6, 6.07) is 14.5. The zero-order chi connectivity index (χ0) is 17.6. The molecule has 0 aromatic heterocycles. The molecule has 0 aliphatic rings. The van der Waals surface area contributed by atoms with Crippen LogP contribution in [0.1, 0.15) is 15.9 Å². The summed E-state index contributed by atoms with van der Waals surface area (Å²) in [5, 5.41) is 0. The van der Waals surface area contributed by atoms with Gasteiger partial charge in [0.15, 0.2) is 0 Å². The van der Waals surface area contributed by atoms with Crippen LogP contribution >= 0.6 is 0 Å². The molecule has 2 amide bonds. The minimum absolute atomic E-state index is 0.0641. The third-order valence-corrected chi connectivity index (χ3v) is 4.52. The van der Waals surface area contributed by atoms with Crippen molar-refractivity contribution in [3.8, 4) is 0 Å². The zero-order valence-electron chi connectivity index (χ0n) is 12.9. The number of sulfonamides is 1. The van der Waals surface area contributed by atoms with Gasteiger partial charge in [-0.15, -0.1) is 0 Å². The van der Waals surface area contributed by atoms with Crippen molar-refractivity contribution in [3.63, 3.8) is 0 Å². The maximum absolute atomic E-state index is 12.0. The van der Waals surface area contributed by atoms with Crippen LogP contribution in [0.2, 0.25) is 0 Å². The average molecular weight is 347 g/mol. The topological polar surface area (TPSA) is 104 Å². The van der Waals surface area contributed by atoms with Gasteiger partial charge in [-0.1, -0.05) is 35.9 Å². The fourth-order valence-corrected chi connectivity index (χ4v) is 2.78. The van der Waals surface area contributed by atoms with Crippen molar-refractivity contribution in [2.75, 3.05) is 6.54 Å². The molecule has 0 aliphatic carbocycles. The van der Waals surface area contributed by atoms with Gasteiger partial charge >= 0.3 is 0 Å². The minimum atomic E-state index is -3.79. The van der Waals surface area contributed by atoms with E-state index in [2.05, 4.69) is 15.6 Å². The maximum Gasteiger partial charge on any atom is 0.269 e. The van der Waals surface area contributed by atoms with E-state index >= 15 is 0 Å². The zero-order valence-corrected chi connectivity index (χ0v) is 13.8. The van der Waals surface area contributed by atoms with Gasteiger partial charge in [-0.3, -0.25) is 20.4 Å². The molecule has 0 saturated heterocycles. The average Bonchev–Trinajstić information content (AvgIpc) is 2.59. The van der Waals surface area contributed by atoms with Gasteiger partial charge < -0.3 is 0 Å². The molecule has 7 nitrogen and oxygen atoms in total. The van der Waals surface area contributed by atoms with E-state index in [0.29, 0.717) is 5.56 Å². The Kier molecular flexibility index (Phi) is 5.67. The maximum atomic E-state index is 12.0. The summed E-state index contributed by atoms with van der Waals surface area (Å²) >= 11 is 0. The summed E-state index contributed by atoms with van der Waals surface area (Å²) in [5.74, 6) is -1.18. The molecular formula is C16H17N3O4S. The van der Waals surface area contributed by atoms with Crippen LogP contribution in [0.4, 0.5) is 0 Å². The van der Waals surface area contributed by atoms with E-state index in [1.54, 1.807) is 42.5 Å². The monoisotopic (exact) mass is 347 g/mol. The number of hydrogen-bond donors (Lipinski definition) is 3. The highest BCUT2D eigenvalue weighted by Gasteiger charge is 2.15. The van der Waals surface area contributed by atoms with E-state index in [-0.39, 0.29) is 4.90 Å². The van der Waals surface area contributed by atoms with Gasteiger partial charge in [0, 0.05) is 5.56 Å². The number of carbonyl (C=O) groups excluding carboxylic acids is 2. The predicted molar refractivity (Wildman–Crippen MR) is 88.4 cm³/mol. The Morgan fingerprint density at radius 1 is 0.917 bits per heavy atom. The van der Waals surface area contributed by atoms with Crippen molar-refractivity contribution in [1.29, 1.82) is 0 Å². The van der Waals surface area contributed by atoms with Crippen LogP contribution in [0.3, 0.4) is 0 Å². The molecule has 0 unspecified atom stereocenters. The largest absolute Gasteiger partial charge is 0.272 e. The first kappa shape index (κ1) is 17.6. The second kappa shape index (κ2) is 7.71. The number of nitrogens with one attached hydrogen (secondary N) is 3. The molecule has 0 saturated carbocycles. The fourth-order valence-electron chi connectivity index (χ4n) is 1.79. The SMILES string of the molecule is Cc1ccc(S(=O)(=O)NCC(=O)NNC(=O)c2ccccc2)cc1. The van der Waals surface area contributed by atoms with Gasteiger partial charge in [0.1, 0.15) is 0 Å². The van der Waals surface area contributed by atoms with Gasteiger partial charge in [0.25, 0.3) is 11.8 Å². The Labute approximate surface area is 140 Å². The normalized spacial score (nSPS) is 10.9. The standard InChI is InChI=1S/C16H17N3O4S/c1-12-7-9-14(10-8-12)24(22,23)17-11-15(20)18-19-16(21)13-5-3-2-4-6-13/h2-10,17H,11H2,1H3,(H,18,20)(H,19,21). The van der Waals surface area contributed by atoms with Crippen molar-refractivity contribution in [2.45, 2.75) is 11.8 Å². The lowest BCUT2D eigenvalue weighted by atomic mass is 10.2. The molecule has 0 heterocycles. The molecule has 24 heavy (non-hydrogen) atoms. The third-order valence-electron chi connectivity index (χ3n) is 3.11. The third kappa shape index (κ3) is 4.90. The lowest BCUT2D eigenvalue weighted by Gasteiger charge is -2.09. The Bertz CT molecular complexity index is 818. The Morgan fingerprint density at radius 2 is 1.54 bits per heavy atom. The first-order chi connectivity index (χ1) is 11.4. The van der Waals surface area contributed by atoms with E-state index in [4.69, 9.17) is 0 Å². The Balaban J connectivity index is 1.84. The van der Waals surface area contributed by atoms with Crippen LogP contribution in [0.15, 0.2) is 59.5 Å². The number of amides is 2. The first-order valence-electron chi connectivity index (χ1n) is 7.09. The molecule has 0 fully saturated rings. The number of hydrazine groups is 1. The molecule has 0 aliphatic heterocycles. The molecule has 126 valence electrons. The molecule has 0 atom stereocenters. The minimum Gasteiger partial charge on any atom is -0.272 e.